The summed E-state index contributed by atoms with van der Waals surface area (Å²) in [5, 5.41) is 11.4. The van der Waals surface area contributed by atoms with Gasteiger partial charge in [0.05, 0.1) is 0 Å². The van der Waals surface area contributed by atoms with Crippen molar-refractivity contribution in [3.05, 3.63) is 0 Å². The molecule has 100 valence electrons. The maximum Gasteiger partial charge on any atom is 0.325 e. The molecule has 0 radical (unpaired) electrons. The highest BCUT2D eigenvalue weighted by molar-refractivity contribution is 6.08. The molecule has 18 heavy (non-hydrogen) atoms. The monoisotopic (exact) mass is 254 g/mol. The summed E-state index contributed by atoms with van der Waals surface area (Å²) in [6.07, 6.45) is 3.04. The number of rotatable bonds is 2. The molecule has 1 spiro atoms. The average Bonchev–Trinajstić information content (AvgIpc) is 2.41. The molecule has 6 heteroatoms. The molecule has 2 fully saturated rings. The fourth-order valence-corrected chi connectivity index (χ4v) is 3.11. The first-order valence-corrected chi connectivity index (χ1v) is 6.12. The third-order valence-corrected chi connectivity index (χ3v) is 3.78. The first-order chi connectivity index (χ1) is 8.26. The number of hydrogen-bond donors (Lipinski definition) is 2. The van der Waals surface area contributed by atoms with Gasteiger partial charge in [-0.2, -0.15) is 0 Å². The summed E-state index contributed by atoms with van der Waals surface area (Å²) >= 11 is 0. The highest BCUT2D eigenvalue weighted by Gasteiger charge is 2.54. The summed E-state index contributed by atoms with van der Waals surface area (Å²) in [7, 11) is 0. The lowest BCUT2D eigenvalue weighted by atomic mass is 9.68. The molecular weight excluding hydrogens is 236 g/mol. The predicted octanol–water partition coefficient (Wildman–Crippen LogP) is 0.962. The van der Waals surface area contributed by atoms with Crippen molar-refractivity contribution in [3.63, 3.8) is 0 Å². The fraction of sp³-hybridized carbons (Fsp3) is 0.750. The van der Waals surface area contributed by atoms with Crippen LogP contribution >= 0.6 is 0 Å². The van der Waals surface area contributed by atoms with Gasteiger partial charge in [-0.25, -0.2) is 4.79 Å². The van der Waals surface area contributed by atoms with Gasteiger partial charge < -0.3 is 10.4 Å². The Morgan fingerprint density at radius 2 is 2.06 bits per heavy atom. The van der Waals surface area contributed by atoms with Crippen molar-refractivity contribution < 1.29 is 19.5 Å². The highest BCUT2D eigenvalue weighted by atomic mass is 16.4. The number of carbonyl (C=O) groups is 3. The van der Waals surface area contributed by atoms with Crippen molar-refractivity contribution in [1.29, 1.82) is 0 Å². The van der Waals surface area contributed by atoms with Crippen molar-refractivity contribution >= 4 is 17.9 Å². The number of imide groups is 1. The molecule has 1 atom stereocenters. The highest BCUT2D eigenvalue weighted by Crippen LogP contribution is 2.43. The number of hydrogen-bond acceptors (Lipinski definition) is 3. The lowest BCUT2D eigenvalue weighted by Gasteiger charge is -2.40. The van der Waals surface area contributed by atoms with Gasteiger partial charge in [0.25, 0.3) is 5.91 Å². The van der Waals surface area contributed by atoms with Gasteiger partial charge in [0.2, 0.25) is 0 Å². The number of aliphatic carboxylic acids is 1. The Bertz CT molecular complexity index is 418. The lowest BCUT2D eigenvalue weighted by Crippen LogP contribution is -2.52. The first kappa shape index (κ1) is 12.9. The Hall–Kier alpha value is -1.59. The van der Waals surface area contributed by atoms with E-state index >= 15 is 0 Å². The van der Waals surface area contributed by atoms with E-state index in [0.29, 0.717) is 12.8 Å². The van der Waals surface area contributed by atoms with Crippen molar-refractivity contribution in [3.8, 4) is 0 Å². The summed E-state index contributed by atoms with van der Waals surface area (Å²) in [6, 6.07) is -0.583. The number of nitrogens with one attached hydrogen (secondary N) is 1. The molecule has 0 aromatic heterocycles. The van der Waals surface area contributed by atoms with Crippen LogP contribution in [0.25, 0.3) is 0 Å². The molecule has 0 aromatic rings. The van der Waals surface area contributed by atoms with Crippen LogP contribution in [-0.2, 0) is 9.59 Å². The molecule has 1 aliphatic heterocycles. The molecule has 1 saturated carbocycles. The zero-order valence-electron chi connectivity index (χ0n) is 10.7. The van der Waals surface area contributed by atoms with Gasteiger partial charge in [0.15, 0.2) is 0 Å². The first-order valence-electron chi connectivity index (χ1n) is 6.12. The van der Waals surface area contributed by atoms with E-state index in [9.17, 15) is 14.4 Å². The molecule has 1 saturated heterocycles. The molecule has 6 nitrogen and oxygen atoms in total. The van der Waals surface area contributed by atoms with Gasteiger partial charge in [-0.15, -0.1) is 0 Å². The SMILES string of the molecule is CC1(C)CCC[C@@]2(C1)NC(=O)N(CC(=O)O)C2=O. The van der Waals surface area contributed by atoms with Crippen LogP contribution in [0.5, 0.6) is 0 Å². The van der Waals surface area contributed by atoms with Crippen LogP contribution in [0.15, 0.2) is 0 Å². The Morgan fingerprint density at radius 3 is 2.61 bits per heavy atom. The van der Waals surface area contributed by atoms with Crippen LogP contribution in [-0.4, -0.2) is 40.0 Å². The molecule has 0 aromatic carbocycles. The third-order valence-electron chi connectivity index (χ3n) is 3.78. The summed E-state index contributed by atoms with van der Waals surface area (Å²) in [5.41, 5.74) is -0.894. The third kappa shape index (κ3) is 2.07. The van der Waals surface area contributed by atoms with E-state index in [0.717, 1.165) is 17.7 Å². The maximum atomic E-state index is 12.3. The summed E-state index contributed by atoms with van der Waals surface area (Å²) in [6.45, 7) is 3.56. The molecular formula is C12H18N2O4. The molecule has 1 aliphatic carbocycles. The summed E-state index contributed by atoms with van der Waals surface area (Å²) in [5.74, 6) is -1.56. The number of carboxylic acids is 1. The number of carbonyl (C=O) groups excluding carboxylic acids is 2. The van der Waals surface area contributed by atoms with Gasteiger partial charge in [-0.1, -0.05) is 20.3 Å². The minimum atomic E-state index is -1.18. The smallest absolute Gasteiger partial charge is 0.325 e. The van der Waals surface area contributed by atoms with E-state index in [1.165, 1.54) is 0 Å². The van der Waals surface area contributed by atoms with Crippen LogP contribution < -0.4 is 5.32 Å². The maximum absolute atomic E-state index is 12.3. The van der Waals surface area contributed by atoms with Crippen LogP contribution in [0.3, 0.4) is 0 Å². The normalized spacial score (nSPS) is 30.7. The molecule has 2 N–H and O–H groups in total. The second-order valence-electron chi connectivity index (χ2n) is 5.99. The van der Waals surface area contributed by atoms with Crippen LogP contribution in [0, 0.1) is 5.41 Å². The molecule has 1 heterocycles. The van der Waals surface area contributed by atoms with E-state index in [1.54, 1.807) is 0 Å². The lowest BCUT2D eigenvalue weighted by molar-refractivity contribution is -0.143. The number of nitrogens with zero attached hydrogens (tertiary/aromatic N) is 1. The van der Waals surface area contributed by atoms with Crippen molar-refractivity contribution in [1.82, 2.24) is 10.2 Å². The average molecular weight is 254 g/mol. The Kier molecular flexibility index (Phi) is 2.83. The van der Waals surface area contributed by atoms with Gasteiger partial charge >= 0.3 is 12.0 Å². The standard InChI is InChI=1S/C12H18N2O4/c1-11(2)4-3-5-12(7-11)9(17)14(6-8(15)16)10(18)13-12/h3-7H2,1-2H3,(H,13,18)(H,15,16)/t12-/m0/s1. The molecule has 2 aliphatic rings. The predicted molar refractivity (Wildman–Crippen MR) is 62.9 cm³/mol. The molecule has 0 bridgehead atoms. The van der Waals surface area contributed by atoms with Crippen molar-refractivity contribution in [2.24, 2.45) is 5.41 Å². The topological polar surface area (TPSA) is 86.7 Å². The zero-order chi connectivity index (χ0) is 13.6. The van der Waals surface area contributed by atoms with Gasteiger partial charge in [-0.3, -0.25) is 14.5 Å². The quantitative estimate of drug-likeness (QED) is 0.719. The van der Waals surface area contributed by atoms with Crippen LogP contribution in [0.4, 0.5) is 4.79 Å². The molecule has 2 rings (SSSR count). The van der Waals surface area contributed by atoms with Crippen molar-refractivity contribution in [2.75, 3.05) is 6.54 Å². The van der Waals surface area contributed by atoms with Crippen LogP contribution in [0.2, 0.25) is 0 Å². The molecule has 0 unspecified atom stereocenters. The number of amides is 3. The Balaban J connectivity index is 2.23. The second kappa shape index (κ2) is 3.96. The van der Waals surface area contributed by atoms with Gasteiger partial charge in [0, 0.05) is 0 Å². The zero-order valence-corrected chi connectivity index (χ0v) is 10.7. The fourth-order valence-electron chi connectivity index (χ4n) is 3.11. The van der Waals surface area contributed by atoms with Crippen molar-refractivity contribution in [2.45, 2.75) is 45.1 Å². The number of urea groups is 1. The van der Waals surface area contributed by atoms with Gasteiger partial charge in [-0.05, 0) is 24.7 Å². The van der Waals surface area contributed by atoms with Gasteiger partial charge in [0.1, 0.15) is 12.1 Å². The van der Waals surface area contributed by atoms with E-state index < -0.39 is 24.1 Å². The largest absolute Gasteiger partial charge is 0.480 e. The summed E-state index contributed by atoms with van der Waals surface area (Å²) in [4.78, 5) is 35.5. The Labute approximate surface area is 105 Å². The van der Waals surface area contributed by atoms with E-state index in [2.05, 4.69) is 19.2 Å². The number of carboxylic acid groups (broad SMARTS) is 1. The summed E-state index contributed by atoms with van der Waals surface area (Å²) < 4.78 is 0. The minimum Gasteiger partial charge on any atom is -0.480 e. The Morgan fingerprint density at radius 1 is 1.39 bits per heavy atom. The minimum absolute atomic E-state index is 0.0135. The van der Waals surface area contributed by atoms with E-state index in [1.807, 2.05) is 0 Å². The molecule has 3 amide bonds. The second-order valence-corrected chi connectivity index (χ2v) is 5.99. The van der Waals surface area contributed by atoms with E-state index in [4.69, 9.17) is 5.11 Å². The van der Waals surface area contributed by atoms with Crippen LogP contribution in [0.1, 0.15) is 39.5 Å². The van der Waals surface area contributed by atoms with E-state index in [-0.39, 0.29) is 11.3 Å².